The molecule has 1 aromatic carbocycles. The van der Waals surface area contributed by atoms with Crippen LogP contribution in [0.25, 0.3) is 0 Å². The number of ether oxygens (including phenoxy) is 2. The Morgan fingerprint density at radius 1 is 0.490 bits per heavy atom. The van der Waals surface area contributed by atoms with Crippen LogP contribution in [-0.2, 0) is 15.2 Å². The minimum atomic E-state index is -1.69. The lowest BCUT2D eigenvalue weighted by atomic mass is 10.0. The molecule has 300 valence electrons. The number of benzene rings is 1. The summed E-state index contributed by atoms with van der Waals surface area (Å²) in [4.78, 5) is 0. The van der Waals surface area contributed by atoms with Gasteiger partial charge < -0.3 is 19.7 Å². The van der Waals surface area contributed by atoms with Gasteiger partial charge in [-0.3, -0.25) is 0 Å². The lowest BCUT2D eigenvalue weighted by Crippen LogP contribution is -2.49. The van der Waals surface area contributed by atoms with Crippen molar-refractivity contribution in [3.8, 4) is 0 Å². The summed E-state index contributed by atoms with van der Waals surface area (Å²) in [6, 6.07) is 10.3. The molecule has 0 spiro atoms. The first kappa shape index (κ1) is 48.4. The molecule has 4 nitrogen and oxygen atoms in total. The first-order valence-electron chi connectivity index (χ1n) is 22.4. The van der Waals surface area contributed by atoms with Gasteiger partial charge in [0.15, 0.2) is 0 Å². The molecule has 2 N–H and O–H groups in total. The van der Waals surface area contributed by atoms with E-state index in [0.717, 1.165) is 31.4 Å². The molecule has 0 aromatic heterocycles. The minimum absolute atomic E-state index is 0.279. The first-order valence-corrected chi connectivity index (χ1v) is 23.6. The summed E-state index contributed by atoms with van der Waals surface area (Å²) >= 11 is 1.58. The summed E-state index contributed by atoms with van der Waals surface area (Å²) in [5.74, 6) is -0.651. The molecule has 2 unspecified atom stereocenters. The van der Waals surface area contributed by atoms with Gasteiger partial charge in [0.25, 0.3) is 0 Å². The highest BCUT2D eigenvalue weighted by atomic mass is 32.2. The molecule has 1 rings (SSSR count). The molecular weight excluding hydrogens is 649 g/mol. The van der Waals surface area contributed by atoms with E-state index in [9.17, 15) is 10.2 Å². The van der Waals surface area contributed by atoms with E-state index in [1.807, 2.05) is 18.2 Å². The highest BCUT2D eigenvalue weighted by Crippen LogP contribution is 2.25. The van der Waals surface area contributed by atoms with Crippen LogP contribution in [0.15, 0.2) is 30.3 Å². The van der Waals surface area contributed by atoms with Crippen LogP contribution in [0.5, 0.6) is 0 Å². The van der Waals surface area contributed by atoms with E-state index in [0.29, 0.717) is 13.2 Å². The van der Waals surface area contributed by atoms with E-state index in [4.69, 9.17) is 9.47 Å². The van der Waals surface area contributed by atoms with Crippen LogP contribution in [-0.4, -0.2) is 41.3 Å². The fourth-order valence-corrected chi connectivity index (χ4v) is 8.00. The zero-order valence-corrected chi connectivity index (χ0v) is 34.9. The van der Waals surface area contributed by atoms with Crippen LogP contribution in [0.2, 0.25) is 0 Å². The zero-order chi connectivity index (χ0) is 36.8. The molecule has 0 radical (unpaired) electrons. The van der Waals surface area contributed by atoms with E-state index in [1.165, 1.54) is 185 Å². The van der Waals surface area contributed by atoms with Crippen molar-refractivity contribution in [2.24, 2.45) is 0 Å². The molecule has 51 heavy (non-hydrogen) atoms. The second kappa shape index (κ2) is 37.7. The predicted molar refractivity (Wildman–Crippen MR) is 225 cm³/mol. The van der Waals surface area contributed by atoms with Gasteiger partial charge in [0.1, 0.15) is 0 Å². The predicted octanol–water partition coefficient (Wildman–Crippen LogP) is 14.5. The molecule has 0 heterocycles. The third-order valence-electron chi connectivity index (χ3n) is 10.4. The van der Waals surface area contributed by atoms with Crippen LogP contribution in [0.4, 0.5) is 0 Å². The number of unbranched alkanes of at least 4 members (excludes halogenated alkanes) is 30. The van der Waals surface area contributed by atoms with Gasteiger partial charge in [0, 0.05) is 12.4 Å². The smallest absolute Gasteiger partial charge is 0.227 e. The first-order chi connectivity index (χ1) is 25.1. The lowest BCUT2D eigenvalue weighted by molar-refractivity contribution is -0.312. The Morgan fingerprint density at radius 2 is 0.824 bits per heavy atom. The van der Waals surface area contributed by atoms with Crippen LogP contribution in [0.3, 0.4) is 0 Å². The second-order valence-electron chi connectivity index (χ2n) is 15.5. The maximum Gasteiger partial charge on any atom is 0.227 e. The maximum absolute atomic E-state index is 11.4. The SMILES string of the molecule is CCCCCCCCCCCCCCCCCCOC(O)C(O)(CSCc1ccccc1)OCCCCCCCCCCCCCCCCCC. The molecule has 0 saturated heterocycles. The Labute approximate surface area is 322 Å². The van der Waals surface area contributed by atoms with Gasteiger partial charge in [0.05, 0.1) is 12.4 Å². The highest BCUT2D eigenvalue weighted by molar-refractivity contribution is 7.98. The van der Waals surface area contributed by atoms with E-state index >= 15 is 0 Å². The fraction of sp³-hybridized carbons (Fsp3) is 0.870. The highest BCUT2D eigenvalue weighted by Gasteiger charge is 2.38. The Kier molecular flexibility index (Phi) is 35.8. The fourth-order valence-electron chi connectivity index (χ4n) is 6.95. The number of thioether (sulfide) groups is 1. The zero-order valence-electron chi connectivity index (χ0n) is 34.0. The molecule has 0 aliphatic rings. The molecule has 0 aliphatic heterocycles. The number of hydrogen-bond acceptors (Lipinski definition) is 5. The van der Waals surface area contributed by atoms with Crippen LogP contribution >= 0.6 is 11.8 Å². The third-order valence-corrected chi connectivity index (χ3v) is 11.6. The van der Waals surface area contributed by atoms with Crippen LogP contribution in [0, 0.1) is 0 Å². The Morgan fingerprint density at radius 3 is 1.20 bits per heavy atom. The van der Waals surface area contributed by atoms with Crippen molar-refractivity contribution in [1.29, 1.82) is 0 Å². The average Bonchev–Trinajstić information content (AvgIpc) is 3.14. The van der Waals surface area contributed by atoms with Crippen molar-refractivity contribution >= 4 is 11.8 Å². The number of aliphatic hydroxyl groups excluding tert-OH is 1. The van der Waals surface area contributed by atoms with Crippen LogP contribution < -0.4 is 0 Å². The van der Waals surface area contributed by atoms with Gasteiger partial charge in [-0.15, -0.1) is 0 Å². The molecule has 2 atom stereocenters. The lowest BCUT2D eigenvalue weighted by Gasteiger charge is -2.32. The van der Waals surface area contributed by atoms with Gasteiger partial charge in [0.2, 0.25) is 12.1 Å². The maximum atomic E-state index is 11.4. The molecule has 0 amide bonds. The summed E-state index contributed by atoms with van der Waals surface area (Å²) in [6.07, 6.45) is 41.1. The minimum Gasteiger partial charge on any atom is -0.364 e. The van der Waals surface area contributed by atoms with E-state index in [1.54, 1.807) is 11.8 Å². The van der Waals surface area contributed by atoms with Gasteiger partial charge in [-0.2, -0.15) is 11.8 Å². The standard InChI is InChI=1S/C46H86O4S/c1-3-5-7-9-11-13-15-17-19-21-23-25-27-29-31-36-40-49-45(47)46(48,43-51-42-44-38-34-33-35-39-44)50-41-37-32-30-28-26-24-22-20-18-16-14-12-10-8-6-4-2/h33-35,38-39,45,47-48H,3-32,36-37,40-43H2,1-2H3. The molecule has 1 aromatic rings. The number of rotatable bonds is 41. The van der Waals surface area contributed by atoms with E-state index in [-0.39, 0.29) is 5.75 Å². The second-order valence-corrected chi connectivity index (χ2v) is 16.5. The van der Waals surface area contributed by atoms with Crippen molar-refractivity contribution in [2.75, 3.05) is 19.0 Å². The summed E-state index contributed by atoms with van der Waals surface area (Å²) < 4.78 is 11.8. The molecular formula is C46H86O4S. The quantitative estimate of drug-likeness (QED) is 0.0518. The summed E-state index contributed by atoms with van der Waals surface area (Å²) in [6.45, 7) is 5.47. The van der Waals surface area contributed by atoms with Crippen molar-refractivity contribution in [3.63, 3.8) is 0 Å². The topological polar surface area (TPSA) is 58.9 Å². The third kappa shape index (κ3) is 31.5. The van der Waals surface area contributed by atoms with Crippen molar-refractivity contribution in [1.82, 2.24) is 0 Å². The van der Waals surface area contributed by atoms with Crippen molar-refractivity contribution < 1.29 is 19.7 Å². The van der Waals surface area contributed by atoms with Gasteiger partial charge >= 0.3 is 0 Å². The van der Waals surface area contributed by atoms with Crippen LogP contribution in [0.1, 0.15) is 225 Å². The normalized spacial score (nSPS) is 13.5. The van der Waals surface area contributed by atoms with Gasteiger partial charge in [-0.1, -0.05) is 237 Å². The van der Waals surface area contributed by atoms with Crippen molar-refractivity contribution in [2.45, 2.75) is 237 Å². The number of aliphatic hydroxyl groups is 2. The van der Waals surface area contributed by atoms with Crippen molar-refractivity contribution in [3.05, 3.63) is 35.9 Å². The largest absolute Gasteiger partial charge is 0.364 e. The molecule has 0 fully saturated rings. The van der Waals surface area contributed by atoms with Gasteiger partial charge in [-0.05, 0) is 18.4 Å². The van der Waals surface area contributed by atoms with E-state index < -0.39 is 12.1 Å². The van der Waals surface area contributed by atoms with E-state index in [2.05, 4.69) is 26.0 Å². The Hall–Kier alpha value is -0.590. The average molecular weight is 735 g/mol. The molecule has 0 bridgehead atoms. The number of hydrogen-bond donors (Lipinski definition) is 2. The Bertz CT molecular complexity index is 808. The summed E-state index contributed by atoms with van der Waals surface area (Å²) in [5.41, 5.74) is 1.20. The molecule has 5 heteroatoms. The monoisotopic (exact) mass is 735 g/mol. The Balaban J connectivity index is 2.13. The summed E-state index contributed by atoms with van der Waals surface area (Å²) in [7, 11) is 0. The summed E-state index contributed by atoms with van der Waals surface area (Å²) in [5, 5.41) is 22.3. The molecule has 0 aliphatic carbocycles. The van der Waals surface area contributed by atoms with Gasteiger partial charge in [-0.25, -0.2) is 0 Å². The molecule has 0 saturated carbocycles.